The lowest BCUT2D eigenvalue weighted by molar-refractivity contribution is -0.130. The number of nitrogens with zero attached hydrogens (tertiary/aromatic N) is 5. The predicted octanol–water partition coefficient (Wildman–Crippen LogP) is 4.19. The highest BCUT2D eigenvalue weighted by Gasteiger charge is 2.34. The number of amides is 2. The van der Waals surface area contributed by atoms with E-state index in [-0.39, 0.29) is 17.5 Å². The number of rotatable bonds is 6. The summed E-state index contributed by atoms with van der Waals surface area (Å²) in [4.78, 5) is 59.0. The van der Waals surface area contributed by atoms with Crippen LogP contribution in [-0.4, -0.2) is 69.0 Å². The second kappa shape index (κ2) is 12.8. The summed E-state index contributed by atoms with van der Waals surface area (Å²) in [6.45, 7) is 6.71. The Morgan fingerprint density at radius 2 is 1.68 bits per heavy atom. The van der Waals surface area contributed by atoms with Crippen molar-refractivity contribution in [3.8, 4) is 28.3 Å². The van der Waals surface area contributed by atoms with Crippen molar-refractivity contribution < 1.29 is 14.3 Å². The number of anilines is 1. The summed E-state index contributed by atoms with van der Waals surface area (Å²) < 4.78 is 7.96. The Morgan fingerprint density at radius 3 is 2.38 bits per heavy atom. The summed E-state index contributed by atoms with van der Waals surface area (Å²) in [7, 11) is 4.46. The maximum Gasteiger partial charge on any atom is 0.330 e. The smallest absolute Gasteiger partial charge is 0.330 e. The van der Waals surface area contributed by atoms with Gasteiger partial charge in [0.2, 0.25) is 11.8 Å². The SMILES string of the molecule is COc1nc(-c2cccc(-c3cccc(NC(=O)c4cn(C)c(=O)n(C)c4=O)c3Cl)c2C)cc2c1C(N1CCN(C(C)=O)CC1)CC2. The minimum absolute atomic E-state index is 0.115. The number of aromatic nitrogens is 3. The van der Waals surface area contributed by atoms with Gasteiger partial charge in [-0.3, -0.25) is 23.9 Å². The van der Waals surface area contributed by atoms with E-state index >= 15 is 0 Å². The third kappa shape index (κ3) is 5.85. The first-order chi connectivity index (χ1) is 22.5. The highest BCUT2D eigenvalue weighted by Crippen LogP contribution is 2.44. The standard InChI is InChI=1S/C35H37ClN6O5/c1-20-23(25-10-7-11-27(31(25)36)37-32(44)26-19-39(3)35(46)40(4)34(26)45)8-6-9-24(20)28-18-22-12-13-29(30(22)33(38-28)47-5)42-16-14-41(15-17-42)21(2)43/h6-11,18-19,29H,12-17H2,1-5H3,(H,37,44). The van der Waals surface area contributed by atoms with Crippen molar-refractivity contribution in [2.45, 2.75) is 32.7 Å². The molecular formula is C35H37ClN6O5. The molecule has 1 fully saturated rings. The highest BCUT2D eigenvalue weighted by atomic mass is 35.5. The molecule has 0 bridgehead atoms. The van der Waals surface area contributed by atoms with Gasteiger partial charge in [-0.1, -0.05) is 41.9 Å². The van der Waals surface area contributed by atoms with Crippen molar-refractivity contribution >= 4 is 29.1 Å². The fourth-order valence-corrected chi connectivity index (χ4v) is 7.06. The fraction of sp³-hybridized carbons (Fsp3) is 0.343. The molecule has 0 saturated carbocycles. The molecule has 2 aliphatic rings. The average Bonchev–Trinajstić information content (AvgIpc) is 3.50. The number of piperazine rings is 1. The summed E-state index contributed by atoms with van der Waals surface area (Å²) >= 11 is 6.90. The van der Waals surface area contributed by atoms with Crippen molar-refractivity contribution in [3.05, 3.63) is 96.8 Å². The van der Waals surface area contributed by atoms with E-state index in [1.807, 2.05) is 36.1 Å². The Hall–Kier alpha value is -4.74. The van der Waals surface area contributed by atoms with Gasteiger partial charge in [-0.15, -0.1) is 0 Å². The van der Waals surface area contributed by atoms with E-state index in [1.54, 1.807) is 26.2 Å². The summed E-state index contributed by atoms with van der Waals surface area (Å²) in [6, 6.07) is 13.6. The summed E-state index contributed by atoms with van der Waals surface area (Å²) in [5.74, 6) is 0.0643. The maximum atomic E-state index is 13.1. The van der Waals surface area contributed by atoms with Crippen LogP contribution in [0.25, 0.3) is 22.4 Å². The van der Waals surface area contributed by atoms with E-state index < -0.39 is 17.2 Å². The number of hydrogen-bond donors (Lipinski definition) is 1. The van der Waals surface area contributed by atoms with Crippen LogP contribution in [0.4, 0.5) is 5.69 Å². The van der Waals surface area contributed by atoms with Crippen molar-refractivity contribution in [2.75, 3.05) is 38.6 Å². The first-order valence-corrected chi connectivity index (χ1v) is 15.9. The van der Waals surface area contributed by atoms with Crippen LogP contribution in [0.15, 0.2) is 58.3 Å². The molecule has 12 heteroatoms. The third-order valence-corrected chi connectivity index (χ3v) is 9.77. The molecular weight excluding hydrogens is 620 g/mol. The van der Waals surface area contributed by atoms with Crippen LogP contribution in [0.3, 0.4) is 0 Å². The van der Waals surface area contributed by atoms with Gasteiger partial charge in [-0.05, 0) is 48.6 Å². The summed E-state index contributed by atoms with van der Waals surface area (Å²) in [6.07, 6.45) is 3.10. The van der Waals surface area contributed by atoms with Gasteiger partial charge in [0.25, 0.3) is 11.5 Å². The normalized spacial score (nSPS) is 16.2. The Balaban J connectivity index is 1.31. The largest absolute Gasteiger partial charge is 0.481 e. The lowest BCUT2D eigenvalue weighted by Crippen LogP contribution is -2.48. The van der Waals surface area contributed by atoms with Gasteiger partial charge in [0.1, 0.15) is 5.56 Å². The molecule has 244 valence electrons. The number of ether oxygens (including phenoxy) is 1. The number of carbonyl (C=O) groups excluding carboxylic acids is 2. The number of fused-ring (bicyclic) bond motifs is 1. The number of methoxy groups -OCH3 is 1. The van der Waals surface area contributed by atoms with Crippen molar-refractivity contribution in [1.29, 1.82) is 0 Å². The van der Waals surface area contributed by atoms with Crippen LogP contribution < -0.4 is 21.3 Å². The average molecular weight is 657 g/mol. The summed E-state index contributed by atoms with van der Waals surface area (Å²) in [5, 5.41) is 3.06. The Bertz CT molecular complexity index is 2030. The zero-order chi connectivity index (χ0) is 33.6. The van der Waals surface area contributed by atoms with Crippen LogP contribution in [0.5, 0.6) is 5.88 Å². The third-order valence-electron chi connectivity index (χ3n) is 9.36. The zero-order valence-electron chi connectivity index (χ0n) is 27.1. The van der Waals surface area contributed by atoms with Crippen molar-refractivity contribution in [1.82, 2.24) is 23.9 Å². The number of nitrogens with one attached hydrogen (secondary N) is 1. The molecule has 2 aromatic heterocycles. The molecule has 1 aliphatic heterocycles. The first kappa shape index (κ1) is 32.2. The van der Waals surface area contributed by atoms with Crippen molar-refractivity contribution in [2.24, 2.45) is 14.1 Å². The minimum atomic E-state index is -0.694. The van der Waals surface area contributed by atoms with Crippen LogP contribution in [-0.2, 0) is 25.3 Å². The molecule has 6 rings (SSSR count). The molecule has 0 spiro atoms. The molecule has 1 aliphatic carbocycles. The summed E-state index contributed by atoms with van der Waals surface area (Å²) in [5.41, 5.74) is 5.53. The first-order valence-electron chi connectivity index (χ1n) is 15.5. The molecule has 2 amide bonds. The molecule has 1 N–H and O–H groups in total. The van der Waals surface area contributed by atoms with Crippen LogP contribution in [0, 0.1) is 6.92 Å². The Kier molecular flexibility index (Phi) is 8.78. The predicted molar refractivity (Wildman–Crippen MR) is 181 cm³/mol. The van der Waals surface area contributed by atoms with Gasteiger partial charge >= 0.3 is 5.69 Å². The quantitative estimate of drug-likeness (QED) is 0.331. The van der Waals surface area contributed by atoms with Crippen LogP contribution >= 0.6 is 11.6 Å². The fourth-order valence-electron chi connectivity index (χ4n) is 6.78. The van der Waals surface area contributed by atoms with E-state index in [0.717, 1.165) is 71.5 Å². The van der Waals surface area contributed by atoms with Crippen LogP contribution in [0.2, 0.25) is 5.02 Å². The lowest BCUT2D eigenvalue weighted by atomic mass is 9.93. The number of halogens is 1. The van der Waals surface area contributed by atoms with Gasteiger partial charge in [0.15, 0.2) is 0 Å². The molecule has 47 heavy (non-hydrogen) atoms. The van der Waals surface area contributed by atoms with E-state index in [2.05, 4.69) is 16.3 Å². The van der Waals surface area contributed by atoms with Gasteiger partial charge in [0.05, 0.1) is 23.5 Å². The van der Waals surface area contributed by atoms with Gasteiger partial charge in [-0.25, -0.2) is 9.78 Å². The number of carbonyl (C=O) groups is 2. The van der Waals surface area contributed by atoms with E-state index in [1.165, 1.54) is 30.4 Å². The molecule has 1 unspecified atom stereocenters. The van der Waals surface area contributed by atoms with E-state index in [9.17, 15) is 19.2 Å². The highest BCUT2D eigenvalue weighted by molar-refractivity contribution is 6.36. The lowest BCUT2D eigenvalue weighted by Gasteiger charge is -2.38. The second-order valence-electron chi connectivity index (χ2n) is 12.1. The van der Waals surface area contributed by atoms with Gasteiger partial charge < -0.3 is 19.5 Å². The monoisotopic (exact) mass is 656 g/mol. The van der Waals surface area contributed by atoms with Gasteiger partial charge in [0, 0.05) is 76.1 Å². The van der Waals surface area contributed by atoms with Crippen LogP contribution in [0.1, 0.15) is 46.4 Å². The molecule has 1 saturated heterocycles. The maximum absolute atomic E-state index is 13.1. The Morgan fingerprint density at radius 1 is 1.00 bits per heavy atom. The topological polar surface area (TPSA) is 119 Å². The molecule has 4 aromatic rings. The number of hydrogen-bond acceptors (Lipinski definition) is 7. The minimum Gasteiger partial charge on any atom is -0.481 e. The van der Waals surface area contributed by atoms with Crippen molar-refractivity contribution in [3.63, 3.8) is 0 Å². The second-order valence-corrected chi connectivity index (χ2v) is 12.5. The molecule has 1 atom stereocenters. The van der Waals surface area contributed by atoms with E-state index in [0.29, 0.717) is 22.2 Å². The zero-order valence-corrected chi connectivity index (χ0v) is 27.8. The van der Waals surface area contributed by atoms with E-state index in [4.69, 9.17) is 21.3 Å². The molecule has 11 nitrogen and oxygen atoms in total. The molecule has 0 radical (unpaired) electrons. The Labute approximate surface area is 277 Å². The number of pyridine rings is 1. The molecule has 2 aromatic carbocycles. The number of aryl methyl sites for hydroxylation is 2. The van der Waals surface area contributed by atoms with Gasteiger partial charge in [-0.2, -0.15) is 0 Å². The number of benzene rings is 2. The molecule has 3 heterocycles.